The maximum atomic E-state index is 12.3. The van der Waals surface area contributed by atoms with E-state index in [4.69, 9.17) is 16.3 Å². The molecule has 0 aliphatic rings. The lowest BCUT2D eigenvalue weighted by Crippen LogP contribution is -2.30. The molecule has 0 spiro atoms. The quantitative estimate of drug-likeness (QED) is 0.780. The van der Waals surface area contributed by atoms with E-state index in [0.29, 0.717) is 26.5 Å². The number of hydrogen-bond acceptors (Lipinski definition) is 3. The van der Waals surface area contributed by atoms with Crippen molar-refractivity contribution < 1.29 is 14.3 Å². The zero-order valence-corrected chi connectivity index (χ0v) is 16.4. The molecule has 1 unspecified atom stereocenters. The molecular formula is C18H18BrClN2O3. The Morgan fingerprint density at radius 2 is 1.80 bits per heavy atom. The Morgan fingerprint density at radius 3 is 2.36 bits per heavy atom. The highest BCUT2D eigenvalue weighted by Crippen LogP contribution is 2.28. The van der Waals surface area contributed by atoms with E-state index >= 15 is 0 Å². The summed E-state index contributed by atoms with van der Waals surface area (Å²) in [6, 6.07) is 11.8. The fourth-order valence-electron chi connectivity index (χ4n) is 2.01. The molecule has 0 saturated heterocycles. The second-order valence-electron chi connectivity index (χ2n) is 5.60. The molecule has 2 aromatic rings. The van der Waals surface area contributed by atoms with Crippen molar-refractivity contribution in [1.82, 2.24) is 4.90 Å². The fraction of sp³-hybridized carbons (Fsp3) is 0.222. The largest absolute Gasteiger partial charge is 0.480 e. The lowest BCUT2D eigenvalue weighted by Gasteiger charge is -2.16. The number of carbonyl (C=O) groups excluding carboxylic acids is 2. The summed E-state index contributed by atoms with van der Waals surface area (Å²) in [6.45, 7) is 1.65. The molecule has 0 radical (unpaired) electrons. The monoisotopic (exact) mass is 424 g/mol. The van der Waals surface area contributed by atoms with Crippen molar-refractivity contribution in [1.29, 1.82) is 0 Å². The molecule has 2 amide bonds. The highest BCUT2D eigenvalue weighted by Gasteiger charge is 2.17. The highest BCUT2D eigenvalue weighted by molar-refractivity contribution is 9.10. The van der Waals surface area contributed by atoms with Crippen LogP contribution in [0.1, 0.15) is 17.3 Å². The van der Waals surface area contributed by atoms with E-state index in [1.807, 2.05) is 0 Å². The van der Waals surface area contributed by atoms with Gasteiger partial charge in [0.2, 0.25) is 0 Å². The van der Waals surface area contributed by atoms with Gasteiger partial charge in [0.25, 0.3) is 11.8 Å². The lowest BCUT2D eigenvalue weighted by atomic mass is 10.2. The van der Waals surface area contributed by atoms with Crippen molar-refractivity contribution >= 4 is 45.0 Å². The molecule has 7 heteroatoms. The third-order valence-electron chi connectivity index (χ3n) is 3.37. The van der Waals surface area contributed by atoms with Gasteiger partial charge in [-0.2, -0.15) is 0 Å². The summed E-state index contributed by atoms with van der Waals surface area (Å²) < 4.78 is 6.32. The van der Waals surface area contributed by atoms with Gasteiger partial charge in [-0.1, -0.05) is 11.6 Å². The van der Waals surface area contributed by atoms with Crippen LogP contribution in [0.2, 0.25) is 5.02 Å². The minimum absolute atomic E-state index is 0.0952. The van der Waals surface area contributed by atoms with Crippen molar-refractivity contribution in [3.63, 3.8) is 0 Å². The Morgan fingerprint density at radius 1 is 1.16 bits per heavy atom. The van der Waals surface area contributed by atoms with Gasteiger partial charge in [0, 0.05) is 30.4 Å². The molecule has 0 aliphatic carbocycles. The first kappa shape index (κ1) is 19.3. The normalized spacial score (nSPS) is 11.6. The van der Waals surface area contributed by atoms with Gasteiger partial charge in [0.15, 0.2) is 6.10 Å². The van der Waals surface area contributed by atoms with Crippen LogP contribution in [0.4, 0.5) is 5.69 Å². The van der Waals surface area contributed by atoms with E-state index in [1.165, 1.54) is 4.90 Å². The zero-order valence-electron chi connectivity index (χ0n) is 14.0. The van der Waals surface area contributed by atoms with E-state index in [0.717, 1.165) is 0 Å². The topological polar surface area (TPSA) is 58.6 Å². The van der Waals surface area contributed by atoms with Crippen LogP contribution in [0.25, 0.3) is 0 Å². The molecule has 0 bridgehead atoms. The Balaban J connectivity index is 2.00. The average molecular weight is 426 g/mol. The smallest absolute Gasteiger partial charge is 0.265 e. The first-order valence-corrected chi connectivity index (χ1v) is 8.69. The fourth-order valence-corrected chi connectivity index (χ4v) is 2.79. The maximum absolute atomic E-state index is 12.3. The summed E-state index contributed by atoms with van der Waals surface area (Å²) in [7, 11) is 3.37. The van der Waals surface area contributed by atoms with Gasteiger partial charge in [0.1, 0.15) is 5.75 Å². The van der Waals surface area contributed by atoms with E-state index in [1.54, 1.807) is 63.5 Å². The van der Waals surface area contributed by atoms with Crippen LogP contribution in [0, 0.1) is 0 Å². The SMILES string of the molecule is CC(Oc1ccc(Cl)cc1Br)C(=O)Nc1ccc(C(=O)N(C)C)cc1. The van der Waals surface area contributed by atoms with Gasteiger partial charge in [-0.15, -0.1) is 0 Å². The van der Waals surface area contributed by atoms with E-state index in [9.17, 15) is 9.59 Å². The molecule has 0 fully saturated rings. The molecule has 0 heterocycles. The van der Waals surface area contributed by atoms with Crippen molar-refractivity contribution in [2.45, 2.75) is 13.0 Å². The molecule has 0 saturated carbocycles. The Labute approximate surface area is 160 Å². The first-order chi connectivity index (χ1) is 11.8. The summed E-state index contributed by atoms with van der Waals surface area (Å²) in [5, 5.41) is 3.33. The van der Waals surface area contributed by atoms with E-state index < -0.39 is 6.10 Å². The minimum atomic E-state index is -0.708. The van der Waals surface area contributed by atoms with Gasteiger partial charge in [-0.05, 0) is 65.3 Å². The predicted octanol–water partition coefficient (Wildman–Crippen LogP) is 4.21. The van der Waals surface area contributed by atoms with Crippen molar-refractivity contribution in [3.05, 3.63) is 57.5 Å². The number of amides is 2. The molecule has 2 aromatic carbocycles. The number of nitrogens with zero attached hydrogens (tertiary/aromatic N) is 1. The number of halogens is 2. The summed E-state index contributed by atoms with van der Waals surface area (Å²) in [6.07, 6.45) is -0.708. The summed E-state index contributed by atoms with van der Waals surface area (Å²) in [5.41, 5.74) is 1.14. The standard InChI is InChI=1S/C18H18BrClN2O3/c1-11(25-16-9-6-13(20)10-15(16)19)17(23)21-14-7-4-12(5-8-14)18(24)22(2)3/h4-11H,1-3H3,(H,21,23). The van der Waals surface area contributed by atoms with Crippen molar-refractivity contribution in [3.8, 4) is 5.75 Å². The highest BCUT2D eigenvalue weighted by atomic mass is 79.9. The van der Waals surface area contributed by atoms with Crippen molar-refractivity contribution in [2.75, 3.05) is 19.4 Å². The molecule has 2 rings (SSSR count). The van der Waals surface area contributed by atoms with Crippen molar-refractivity contribution in [2.24, 2.45) is 0 Å². The van der Waals surface area contributed by atoms with Gasteiger partial charge in [-0.3, -0.25) is 9.59 Å². The van der Waals surface area contributed by atoms with Gasteiger partial charge in [0.05, 0.1) is 4.47 Å². The molecule has 0 aromatic heterocycles. The Bertz CT molecular complexity index is 778. The Hall–Kier alpha value is -2.05. The number of anilines is 1. The predicted molar refractivity (Wildman–Crippen MR) is 102 cm³/mol. The van der Waals surface area contributed by atoms with Gasteiger partial charge >= 0.3 is 0 Å². The molecule has 1 N–H and O–H groups in total. The number of nitrogens with one attached hydrogen (secondary N) is 1. The van der Waals surface area contributed by atoms with Crippen LogP contribution in [0.3, 0.4) is 0 Å². The third kappa shape index (κ3) is 5.21. The molecular weight excluding hydrogens is 408 g/mol. The maximum Gasteiger partial charge on any atom is 0.265 e. The minimum Gasteiger partial charge on any atom is -0.480 e. The second-order valence-corrected chi connectivity index (χ2v) is 6.89. The van der Waals surface area contributed by atoms with Crippen LogP contribution in [0.15, 0.2) is 46.9 Å². The number of hydrogen-bond donors (Lipinski definition) is 1. The van der Waals surface area contributed by atoms with E-state index in [2.05, 4.69) is 21.2 Å². The first-order valence-electron chi connectivity index (χ1n) is 7.52. The summed E-state index contributed by atoms with van der Waals surface area (Å²) in [5.74, 6) is 0.134. The summed E-state index contributed by atoms with van der Waals surface area (Å²) in [4.78, 5) is 25.6. The Kier molecular flexibility index (Phi) is 6.45. The number of carbonyl (C=O) groups is 2. The molecule has 1 atom stereocenters. The van der Waals surface area contributed by atoms with Crippen LogP contribution in [-0.2, 0) is 4.79 Å². The average Bonchev–Trinajstić information content (AvgIpc) is 2.57. The molecule has 25 heavy (non-hydrogen) atoms. The third-order valence-corrected chi connectivity index (χ3v) is 4.23. The number of ether oxygens (including phenoxy) is 1. The van der Waals surface area contributed by atoms with Crippen LogP contribution in [0.5, 0.6) is 5.75 Å². The van der Waals surface area contributed by atoms with Crippen LogP contribution >= 0.6 is 27.5 Å². The summed E-state index contributed by atoms with van der Waals surface area (Å²) >= 11 is 9.23. The van der Waals surface area contributed by atoms with Gasteiger partial charge < -0.3 is 15.0 Å². The van der Waals surface area contributed by atoms with Gasteiger partial charge in [-0.25, -0.2) is 0 Å². The molecule has 0 aliphatic heterocycles. The molecule has 132 valence electrons. The number of benzene rings is 2. The van der Waals surface area contributed by atoms with Crippen LogP contribution in [-0.4, -0.2) is 36.9 Å². The lowest BCUT2D eigenvalue weighted by molar-refractivity contribution is -0.122. The second kappa shape index (κ2) is 8.36. The number of rotatable bonds is 5. The van der Waals surface area contributed by atoms with E-state index in [-0.39, 0.29) is 11.8 Å². The zero-order chi connectivity index (χ0) is 18.6. The van der Waals surface area contributed by atoms with Crippen LogP contribution < -0.4 is 10.1 Å². The molecule has 5 nitrogen and oxygen atoms in total.